The fourth-order valence-electron chi connectivity index (χ4n) is 1.49. The van der Waals surface area contributed by atoms with Crippen molar-refractivity contribution in [2.75, 3.05) is 5.32 Å². The van der Waals surface area contributed by atoms with Crippen LogP contribution >= 0.6 is 0 Å². The van der Waals surface area contributed by atoms with Gasteiger partial charge >= 0.3 is 5.91 Å². The van der Waals surface area contributed by atoms with Gasteiger partial charge in [-0.2, -0.15) is 4.73 Å². The average molecular weight is 228 g/mol. The smallest absolute Gasteiger partial charge is 0.321 e. The Morgan fingerprint density at radius 1 is 1.12 bits per heavy atom. The molecule has 4 nitrogen and oxygen atoms in total. The number of hydrogen-bond donors (Lipinski definition) is 1. The number of benzene rings is 1. The third-order valence-corrected chi connectivity index (χ3v) is 2.39. The molecule has 0 unspecified atom stereocenters. The van der Waals surface area contributed by atoms with Gasteiger partial charge in [0.1, 0.15) is 0 Å². The summed E-state index contributed by atoms with van der Waals surface area (Å²) in [5.74, 6) is -0.408. The number of nitrogens with one attached hydrogen (secondary N) is 1. The van der Waals surface area contributed by atoms with E-state index in [1.165, 1.54) is 6.07 Å². The number of amides is 1. The van der Waals surface area contributed by atoms with Crippen LogP contribution in [0.15, 0.2) is 48.5 Å². The monoisotopic (exact) mass is 228 g/mol. The summed E-state index contributed by atoms with van der Waals surface area (Å²) in [6.45, 7) is 1.66. The van der Waals surface area contributed by atoms with Gasteiger partial charge in [0.25, 0.3) is 5.69 Å². The van der Waals surface area contributed by atoms with E-state index < -0.39 is 5.91 Å². The van der Waals surface area contributed by atoms with E-state index in [4.69, 9.17) is 0 Å². The van der Waals surface area contributed by atoms with Gasteiger partial charge in [-0.25, -0.2) is 0 Å². The van der Waals surface area contributed by atoms with Crippen molar-refractivity contribution in [3.05, 3.63) is 65.1 Å². The number of anilines is 1. The first kappa shape index (κ1) is 11.1. The van der Waals surface area contributed by atoms with Crippen LogP contribution in [-0.4, -0.2) is 5.91 Å². The van der Waals surface area contributed by atoms with Gasteiger partial charge in [-0.3, -0.25) is 4.79 Å². The summed E-state index contributed by atoms with van der Waals surface area (Å²) in [6.07, 6.45) is 0. The predicted molar refractivity (Wildman–Crippen MR) is 64.5 cm³/mol. The van der Waals surface area contributed by atoms with Crippen LogP contribution in [0.5, 0.6) is 0 Å². The highest BCUT2D eigenvalue weighted by Crippen LogP contribution is 2.06. The Bertz CT molecular complexity index is 538. The number of carbonyl (C=O) groups excluding carboxylic acids is 1. The van der Waals surface area contributed by atoms with Gasteiger partial charge in [0.15, 0.2) is 5.69 Å². The standard InChI is InChI=1S/C13H12N2O2/c1-10-6-5-9-12(15(10)17)13(16)14-11-7-3-2-4-8-11/h2-9H,1H3,(H,14,16). The molecule has 0 atom stereocenters. The summed E-state index contributed by atoms with van der Waals surface area (Å²) in [7, 11) is 0. The zero-order chi connectivity index (χ0) is 12.3. The number of pyridine rings is 1. The molecule has 0 fully saturated rings. The van der Waals surface area contributed by atoms with Crippen molar-refractivity contribution in [2.45, 2.75) is 6.92 Å². The molecule has 0 radical (unpaired) electrons. The highest BCUT2D eigenvalue weighted by atomic mass is 16.5. The quantitative estimate of drug-likeness (QED) is 0.630. The molecule has 0 bridgehead atoms. The van der Waals surface area contributed by atoms with Crippen molar-refractivity contribution < 1.29 is 9.52 Å². The van der Waals surface area contributed by atoms with Gasteiger partial charge < -0.3 is 10.5 Å². The minimum Gasteiger partial charge on any atom is -0.618 e. The zero-order valence-corrected chi connectivity index (χ0v) is 9.38. The molecule has 1 N–H and O–H groups in total. The summed E-state index contributed by atoms with van der Waals surface area (Å²) in [5.41, 5.74) is 1.25. The van der Waals surface area contributed by atoms with Gasteiger partial charge in [-0.05, 0) is 18.2 Å². The molecule has 0 aliphatic rings. The van der Waals surface area contributed by atoms with Gasteiger partial charge in [0.2, 0.25) is 0 Å². The van der Waals surface area contributed by atoms with Crippen molar-refractivity contribution in [3.63, 3.8) is 0 Å². The third kappa shape index (κ3) is 2.42. The van der Waals surface area contributed by atoms with Crippen molar-refractivity contribution in [1.82, 2.24) is 0 Å². The van der Waals surface area contributed by atoms with Crippen LogP contribution in [0.3, 0.4) is 0 Å². The first-order valence-electron chi connectivity index (χ1n) is 5.24. The SMILES string of the molecule is Cc1cccc(C(=O)Nc2ccccc2)[n+]1[O-]. The molecule has 1 heterocycles. The summed E-state index contributed by atoms with van der Waals surface area (Å²) >= 11 is 0. The molecule has 1 aromatic heterocycles. The van der Waals surface area contributed by atoms with Crippen LogP contribution in [0.25, 0.3) is 0 Å². The maximum atomic E-state index is 11.9. The Kier molecular flexibility index (Phi) is 3.05. The molecule has 2 rings (SSSR count). The lowest BCUT2D eigenvalue weighted by Crippen LogP contribution is -2.39. The van der Waals surface area contributed by atoms with Crippen LogP contribution in [-0.2, 0) is 0 Å². The lowest BCUT2D eigenvalue weighted by Gasteiger charge is -2.07. The van der Waals surface area contributed by atoms with Crippen LogP contribution in [0.4, 0.5) is 5.69 Å². The predicted octanol–water partition coefficient (Wildman–Crippen LogP) is 1.88. The van der Waals surface area contributed by atoms with Crippen molar-refractivity contribution in [1.29, 1.82) is 0 Å². The number of para-hydroxylation sites is 1. The van der Waals surface area contributed by atoms with Crippen LogP contribution in [0.2, 0.25) is 0 Å². The van der Waals surface area contributed by atoms with Gasteiger partial charge in [-0.1, -0.05) is 18.2 Å². The number of carbonyl (C=O) groups is 1. The summed E-state index contributed by atoms with van der Waals surface area (Å²) < 4.78 is 0.623. The molecule has 86 valence electrons. The Balaban J connectivity index is 2.24. The van der Waals surface area contributed by atoms with E-state index in [1.54, 1.807) is 31.2 Å². The third-order valence-electron chi connectivity index (χ3n) is 2.39. The molecule has 1 amide bonds. The molecular weight excluding hydrogens is 216 g/mol. The second kappa shape index (κ2) is 4.65. The van der Waals surface area contributed by atoms with Crippen molar-refractivity contribution in [2.24, 2.45) is 0 Å². The van der Waals surface area contributed by atoms with E-state index in [9.17, 15) is 10.0 Å². The van der Waals surface area contributed by atoms with E-state index in [2.05, 4.69) is 5.32 Å². The van der Waals surface area contributed by atoms with Crippen LogP contribution in [0.1, 0.15) is 16.2 Å². The fraction of sp³-hybridized carbons (Fsp3) is 0.0769. The van der Waals surface area contributed by atoms with E-state index in [1.807, 2.05) is 18.2 Å². The van der Waals surface area contributed by atoms with Crippen LogP contribution in [0, 0.1) is 12.1 Å². The normalized spacial score (nSPS) is 9.94. The summed E-state index contributed by atoms with van der Waals surface area (Å²) in [6, 6.07) is 13.9. The first-order chi connectivity index (χ1) is 8.18. The molecule has 1 aromatic carbocycles. The molecule has 0 saturated carbocycles. The maximum Gasteiger partial charge on any atom is 0.321 e. The van der Waals surface area contributed by atoms with Gasteiger partial charge in [0.05, 0.1) is 0 Å². The Morgan fingerprint density at radius 3 is 2.53 bits per heavy atom. The van der Waals surface area contributed by atoms with E-state index >= 15 is 0 Å². The second-order valence-corrected chi connectivity index (χ2v) is 3.67. The maximum absolute atomic E-state index is 11.9. The lowest BCUT2D eigenvalue weighted by atomic mass is 10.2. The summed E-state index contributed by atoms with van der Waals surface area (Å²) in [5, 5.41) is 14.3. The topological polar surface area (TPSA) is 56.0 Å². The molecule has 0 aliphatic carbocycles. The number of hydrogen-bond acceptors (Lipinski definition) is 2. The van der Waals surface area contributed by atoms with E-state index in [0.717, 1.165) is 0 Å². The zero-order valence-electron chi connectivity index (χ0n) is 9.38. The molecule has 0 saturated heterocycles. The minimum atomic E-state index is -0.408. The van der Waals surface area contributed by atoms with Crippen molar-refractivity contribution in [3.8, 4) is 0 Å². The first-order valence-corrected chi connectivity index (χ1v) is 5.24. The van der Waals surface area contributed by atoms with Gasteiger partial charge in [-0.15, -0.1) is 0 Å². The fourth-order valence-corrected chi connectivity index (χ4v) is 1.49. The average Bonchev–Trinajstić information content (AvgIpc) is 2.34. The van der Waals surface area contributed by atoms with Gasteiger partial charge in [0, 0.05) is 24.7 Å². The molecular formula is C13H12N2O2. The summed E-state index contributed by atoms with van der Waals surface area (Å²) in [4.78, 5) is 11.9. The lowest BCUT2D eigenvalue weighted by molar-refractivity contribution is -0.614. The van der Waals surface area contributed by atoms with E-state index in [0.29, 0.717) is 16.1 Å². The number of rotatable bonds is 2. The Morgan fingerprint density at radius 2 is 1.82 bits per heavy atom. The molecule has 2 aromatic rings. The highest BCUT2D eigenvalue weighted by Gasteiger charge is 2.16. The van der Waals surface area contributed by atoms with Crippen molar-refractivity contribution >= 4 is 11.6 Å². The van der Waals surface area contributed by atoms with E-state index in [-0.39, 0.29) is 5.69 Å². The number of aromatic nitrogens is 1. The van der Waals surface area contributed by atoms with Crippen LogP contribution < -0.4 is 10.0 Å². The Labute approximate surface area is 99.1 Å². The molecule has 17 heavy (non-hydrogen) atoms. The number of aryl methyl sites for hydroxylation is 1. The number of nitrogens with zero attached hydrogens (tertiary/aromatic N) is 1. The molecule has 0 spiro atoms. The largest absolute Gasteiger partial charge is 0.618 e. The highest BCUT2D eigenvalue weighted by molar-refractivity contribution is 6.01. The second-order valence-electron chi connectivity index (χ2n) is 3.67. The minimum absolute atomic E-state index is 0.0915. The molecule has 4 heteroatoms. The molecule has 0 aliphatic heterocycles. The Hall–Kier alpha value is -2.36.